The monoisotopic (exact) mass is 243 g/mol. The van der Waals surface area contributed by atoms with Crippen molar-refractivity contribution in [1.29, 1.82) is 0 Å². The molecule has 0 unspecified atom stereocenters. The molecule has 62 valence electrons. The number of hydrogen-bond acceptors (Lipinski definition) is 3. The average Bonchev–Trinajstić information content (AvgIpc) is 2.58. The number of aryl methyl sites for hydroxylation is 1. The molecule has 2 aromatic heterocycles. The lowest BCUT2D eigenvalue weighted by atomic mass is 10.7. The summed E-state index contributed by atoms with van der Waals surface area (Å²) in [4.78, 5) is 8.33. The summed E-state index contributed by atoms with van der Waals surface area (Å²) < 4.78 is 2.99. The van der Waals surface area contributed by atoms with Gasteiger partial charge in [-0.1, -0.05) is 11.3 Å². The first-order valence-corrected chi connectivity index (χ1v) is 5.00. The van der Waals surface area contributed by atoms with Crippen molar-refractivity contribution in [3.63, 3.8) is 0 Å². The molecule has 2 heterocycles. The number of halogens is 1. The van der Waals surface area contributed by atoms with Crippen molar-refractivity contribution < 1.29 is 0 Å². The number of aromatic nitrogens is 3. The first-order chi connectivity index (χ1) is 5.77. The Labute approximate surface area is 82.2 Å². The van der Waals surface area contributed by atoms with Crippen LogP contribution in [0.4, 0.5) is 0 Å². The normalized spacial score (nSPS) is 10.5. The highest BCUT2D eigenvalue weighted by molar-refractivity contribution is 9.11. The smallest absolute Gasteiger partial charge is 0.196 e. The Bertz CT molecular complexity index is 393. The Morgan fingerprint density at radius 3 is 2.83 bits per heavy atom. The molecule has 0 spiro atoms. The fraction of sp³-hybridized carbons (Fsp3) is 0.143. The van der Waals surface area contributed by atoms with Crippen LogP contribution in [0.3, 0.4) is 0 Å². The van der Waals surface area contributed by atoms with E-state index in [1.165, 1.54) is 0 Å². The van der Waals surface area contributed by atoms with Gasteiger partial charge >= 0.3 is 0 Å². The minimum absolute atomic E-state index is 0.942. The van der Waals surface area contributed by atoms with E-state index >= 15 is 0 Å². The topological polar surface area (TPSA) is 30.7 Å². The number of hydrogen-bond donors (Lipinski definition) is 0. The molecule has 0 aromatic carbocycles. The number of nitrogens with zero attached hydrogens (tertiary/aromatic N) is 3. The molecule has 0 radical (unpaired) electrons. The van der Waals surface area contributed by atoms with Gasteiger partial charge in [0.1, 0.15) is 5.82 Å². The molecule has 0 fully saturated rings. The third-order valence-corrected chi connectivity index (χ3v) is 2.97. The van der Waals surface area contributed by atoms with Gasteiger partial charge in [0.05, 0.1) is 9.98 Å². The van der Waals surface area contributed by atoms with Crippen molar-refractivity contribution in [3.8, 4) is 5.13 Å². The van der Waals surface area contributed by atoms with E-state index in [0.717, 1.165) is 14.7 Å². The molecule has 0 aliphatic heterocycles. The second kappa shape index (κ2) is 2.99. The third kappa shape index (κ3) is 1.30. The molecule has 0 aliphatic rings. The van der Waals surface area contributed by atoms with Crippen molar-refractivity contribution in [1.82, 2.24) is 14.5 Å². The van der Waals surface area contributed by atoms with Crippen molar-refractivity contribution in [2.45, 2.75) is 6.92 Å². The van der Waals surface area contributed by atoms with Crippen LogP contribution in [0.5, 0.6) is 0 Å². The van der Waals surface area contributed by atoms with E-state index in [2.05, 4.69) is 25.9 Å². The zero-order valence-corrected chi connectivity index (χ0v) is 8.76. The predicted octanol–water partition coefficient (Wildman–Crippen LogP) is 2.40. The lowest BCUT2D eigenvalue weighted by molar-refractivity contribution is 0.960. The van der Waals surface area contributed by atoms with Gasteiger partial charge in [-0.3, -0.25) is 4.57 Å². The summed E-state index contributed by atoms with van der Waals surface area (Å²) >= 11 is 4.95. The predicted molar refractivity (Wildman–Crippen MR) is 51.7 cm³/mol. The lowest BCUT2D eigenvalue weighted by Crippen LogP contribution is -1.93. The number of thiazole rings is 1. The second-order valence-corrected chi connectivity index (χ2v) is 4.68. The fourth-order valence-corrected chi connectivity index (χ4v) is 2.15. The Balaban J connectivity index is 2.50. The van der Waals surface area contributed by atoms with E-state index in [0.29, 0.717) is 0 Å². The maximum absolute atomic E-state index is 4.21. The summed E-state index contributed by atoms with van der Waals surface area (Å²) in [5.41, 5.74) is 0. The molecule has 0 amide bonds. The van der Waals surface area contributed by atoms with E-state index in [1.54, 1.807) is 23.7 Å². The van der Waals surface area contributed by atoms with Crippen LogP contribution in [-0.2, 0) is 0 Å². The van der Waals surface area contributed by atoms with Gasteiger partial charge in [-0.05, 0) is 22.9 Å². The molecular formula is C7H6BrN3S. The quantitative estimate of drug-likeness (QED) is 0.771. The Morgan fingerprint density at radius 1 is 1.50 bits per heavy atom. The van der Waals surface area contributed by atoms with Crippen LogP contribution >= 0.6 is 27.3 Å². The summed E-state index contributed by atoms with van der Waals surface area (Å²) in [5.74, 6) is 0.955. The summed E-state index contributed by atoms with van der Waals surface area (Å²) in [7, 11) is 0. The minimum Gasteiger partial charge on any atom is -0.279 e. The van der Waals surface area contributed by atoms with Gasteiger partial charge in [0.15, 0.2) is 5.13 Å². The first-order valence-electron chi connectivity index (χ1n) is 3.39. The molecule has 0 aliphatic carbocycles. The molecular weight excluding hydrogens is 238 g/mol. The average molecular weight is 244 g/mol. The molecule has 0 bridgehead atoms. The van der Waals surface area contributed by atoms with Crippen LogP contribution < -0.4 is 0 Å². The third-order valence-electron chi connectivity index (χ3n) is 1.50. The molecule has 3 nitrogen and oxygen atoms in total. The van der Waals surface area contributed by atoms with E-state index in [-0.39, 0.29) is 0 Å². The standard InChI is InChI=1S/C7H6BrN3S/c1-5-9-2-3-11(5)7-10-4-6(8)12-7/h2-4H,1H3. The van der Waals surface area contributed by atoms with Gasteiger partial charge in [-0.25, -0.2) is 9.97 Å². The van der Waals surface area contributed by atoms with E-state index < -0.39 is 0 Å². The van der Waals surface area contributed by atoms with Gasteiger partial charge in [0, 0.05) is 12.4 Å². The highest BCUT2D eigenvalue weighted by atomic mass is 79.9. The molecule has 0 saturated carbocycles. The SMILES string of the molecule is Cc1nccn1-c1ncc(Br)s1. The van der Waals surface area contributed by atoms with Gasteiger partial charge in [-0.2, -0.15) is 0 Å². The molecule has 12 heavy (non-hydrogen) atoms. The van der Waals surface area contributed by atoms with Crippen LogP contribution in [0.15, 0.2) is 22.4 Å². The largest absolute Gasteiger partial charge is 0.279 e. The Kier molecular flexibility index (Phi) is 1.98. The molecule has 0 saturated heterocycles. The minimum atomic E-state index is 0.942. The van der Waals surface area contributed by atoms with Crippen LogP contribution in [0.1, 0.15) is 5.82 Å². The highest BCUT2D eigenvalue weighted by Crippen LogP contribution is 2.22. The van der Waals surface area contributed by atoms with E-state index in [4.69, 9.17) is 0 Å². The first kappa shape index (κ1) is 7.94. The van der Waals surface area contributed by atoms with Crippen LogP contribution in [0, 0.1) is 6.92 Å². The Morgan fingerprint density at radius 2 is 2.33 bits per heavy atom. The number of rotatable bonds is 1. The van der Waals surface area contributed by atoms with Crippen molar-refractivity contribution in [2.75, 3.05) is 0 Å². The van der Waals surface area contributed by atoms with Gasteiger partial charge in [0.2, 0.25) is 0 Å². The molecule has 5 heteroatoms. The summed E-state index contributed by atoms with van der Waals surface area (Å²) in [6.07, 6.45) is 5.46. The molecule has 2 rings (SSSR count). The zero-order chi connectivity index (χ0) is 8.55. The van der Waals surface area contributed by atoms with Crippen molar-refractivity contribution in [2.24, 2.45) is 0 Å². The highest BCUT2D eigenvalue weighted by Gasteiger charge is 2.03. The van der Waals surface area contributed by atoms with Gasteiger partial charge < -0.3 is 0 Å². The van der Waals surface area contributed by atoms with Crippen LogP contribution in [0.25, 0.3) is 5.13 Å². The van der Waals surface area contributed by atoms with E-state index in [9.17, 15) is 0 Å². The van der Waals surface area contributed by atoms with Crippen molar-refractivity contribution >= 4 is 27.3 Å². The Hall–Kier alpha value is -0.680. The summed E-state index contributed by atoms with van der Waals surface area (Å²) in [6.45, 7) is 1.95. The zero-order valence-electron chi connectivity index (χ0n) is 6.36. The second-order valence-electron chi connectivity index (χ2n) is 2.29. The maximum Gasteiger partial charge on any atom is 0.196 e. The van der Waals surface area contributed by atoms with Crippen LogP contribution in [-0.4, -0.2) is 14.5 Å². The molecule has 0 atom stereocenters. The van der Waals surface area contributed by atoms with Crippen molar-refractivity contribution in [3.05, 3.63) is 28.2 Å². The number of imidazole rings is 1. The fourth-order valence-electron chi connectivity index (χ4n) is 0.937. The molecule has 2 aromatic rings. The maximum atomic E-state index is 4.21. The van der Waals surface area contributed by atoms with Crippen LogP contribution in [0.2, 0.25) is 0 Å². The molecule has 0 N–H and O–H groups in total. The lowest BCUT2D eigenvalue weighted by Gasteiger charge is -1.96. The summed E-state index contributed by atoms with van der Waals surface area (Å²) in [5, 5.41) is 0.942. The summed E-state index contributed by atoms with van der Waals surface area (Å²) in [6, 6.07) is 0. The van der Waals surface area contributed by atoms with E-state index in [1.807, 2.05) is 17.7 Å². The van der Waals surface area contributed by atoms with Gasteiger partial charge in [0.25, 0.3) is 0 Å². The van der Waals surface area contributed by atoms with Gasteiger partial charge in [-0.15, -0.1) is 0 Å².